The minimum Gasteiger partial charge on any atom is -0.341 e. The average molecular weight is 257 g/mol. The maximum Gasteiger partial charge on any atom is 0.230 e. The fourth-order valence-electron chi connectivity index (χ4n) is 1.58. The van der Waals surface area contributed by atoms with Crippen molar-refractivity contribution in [3.05, 3.63) is 0 Å². The Balaban J connectivity index is 4.85. The third-order valence-corrected chi connectivity index (χ3v) is 3.74. The van der Waals surface area contributed by atoms with E-state index in [1.807, 2.05) is 46.7 Å². The first-order valence-electron chi connectivity index (χ1n) is 6.77. The molecule has 0 spiro atoms. The number of carbonyl (C=O) groups is 1. The molecule has 4 nitrogen and oxygen atoms in total. The molecular formula is C14H31N3O. The van der Waals surface area contributed by atoms with Gasteiger partial charge in [-0.2, -0.15) is 0 Å². The molecule has 108 valence electrons. The second-order valence-corrected chi connectivity index (χ2v) is 6.44. The normalized spacial score (nSPS) is 12.9. The zero-order valence-electron chi connectivity index (χ0n) is 13.2. The first kappa shape index (κ1) is 17.4. The molecule has 0 fully saturated rings. The molecule has 0 aromatic carbocycles. The van der Waals surface area contributed by atoms with Crippen LogP contribution >= 0.6 is 0 Å². The summed E-state index contributed by atoms with van der Waals surface area (Å²) in [6.45, 7) is 12.2. The van der Waals surface area contributed by atoms with Gasteiger partial charge in [0.1, 0.15) is 0 Å². The Kier molecular flexibility index (Phi) is 6.30. The number of amides is 1. The van der Waals surface area contributed by atoms with Gasteiger partial charge in [-0.25, -0.2) is 0 Å². The summed E-state index contributed by atoms with van der Waals surface area (Å²) in [6, 6.07) is 0. The molecule has 4 heteroatoms. The fourth-order valence-corrected chi connectivity index (χ4v) is 1.58. The molecule has 0 unspecified atom stereocenters. The van der Waals surface area contributed by atoms with Crippen molar-refractivity contribution in [1.29, 1.82) is 0 Å². The molecule has 2 N–H and O–H groups in total. The largest absolute Gasteiger partial charge is 0.341 e. The van der Waals surface area contributed by atoms with E-state index in [-0.39, 0.29) is 5.91 Å². The summed E-state index contributed by atoms with van der Waals surface area (Å²) in [5.74, 6) is 0.152. The van der Waals surface area contributed by atoms with Crippen molar-refractivity contribution in [2.75, 3.05) is 33.7 Å². The highest BCUT2D eigenvalue weighted by Gasteiger charge is 2.42. The Hall–Kier alpha value is -0.610. The van der Waals surface area contributed by atoms with Crippen LogP contribution in [0.15, 0.2) is 0 Å². The van der Waals surface area contributed by atoms with Crippen LogP contribution < -0.4 is 5.73 Å². The van der Waals surface area contributed by atoms with Gasteiger partial charge in [-0.3, -0.25) is 4.79 Å². The van der Waals surface area contributed by atoms with Crippen LogP contribution in [-0.4, -0.2) is 55.0 Å². The van der Waals surface area contributed by atoms with Crippen LogP contribution in [0, 0.1) is 5.41 Å². The number of hydrogen-bond acceptors (Lipinski definition) is 3. The molecule has 1 amide bonds. The summed E-state index contributed by atoms with van der Waals surface area (Å²) in [6.07, 6.45) is 0.972. The van der Waals surface area contributed by atoms with Gasteiger partial charge >= 0.3 is 0 Å². The van der Waals surface area contributed by atoms with Crippen LogP contribution in [0.4, 0.5) is 0 Å². The maximum atomic E-state index is 12.6. The summed E-state index contributed by atoms with van der Waals surface area (Å²) in [5, 5.41) is 0. The third-order valence-electron chi connectivity index (χ3n) is 3.74. The van der Waals surface area contributed by atoms with Crippen LogP contribution in [0.25, 0.3) is 0 Å². The van der Waals surface area contributed by atoms with Crippen molar-refractivity contribution < 1.29 is 4.79 Å². The highest BCUT2D eigenvalue weighted by atomic mass is 16.2. The van der Waals surface area contributed by atoms with E-state index in [9.17, 15) is 4.79 Å². The van der Waals surface area contributed by atoms with E-state index < -0.39 is 11.0 Å². The predicted octanol–water partition coefficient (Wildman–Crippen LogP) is 1.55. The second-order valence-electron chi connectivity index (χ2n) is 6.44. The molecule has 18 heavy (non-hydrogen) atoms. The van der Waals surface area contributed by atoms with E-state index >= 15 is 0 Å². The second kappa shape index (κ2) is 6.53. The molecule has 0 saturated heterocycles. The Morgan fingerprint density at radius 1 is 1.06 bits per heavy atom. The predicted molar refractivity (Wildman–Crippen MR) is 77.5 cm³/mol. The molecule has 0 aromatic rings. The van der Waals surface area contributed by atoms with Crippen molar-refractivity contribution in [3.8, 4) is 0 Å². The standard InChI is InChI=1S/C14H31N3O/c1-8-9-17(11-10-16(6)7)12(18)13(2,3)14(4,5)15/h8-11,15H2,1-7H3. The van der Waals surface area contributed by atoms with Gasteiger partial charge in [-0.15, -0.1) is 0 Å². The Labute approximate surface area is 113 Å². The smallest absolute Gasteiger partial charge is 0.230 e. The number of nitrogens with zero attached hydrogens (tertiary/aromatic N) is 2. The summed E-state index contributed by atoms with van der Waals surface area (Å²) in [5.41, 5.74) is 5.08. The third kappa shape index (κ3) is 4.58. The SMILES string of the molecule is CCCN(CCN(C)C)C(=O)C(C)(C)C(C)(C)N. The van der Waals surface area contributed by atoms with Crippen LogP contribution in [0.5, 0.6) is 0 Å². The van der Waals surface area contributed by atoms with Gasteiger partial charge in [0, 0.05) is 25.2 Å². The van der Waals surface area contributed by atoms with Crippen LogP contribution in [-0.2, 0) is 4.79 Å². The lowest BCUT2D eigenvalue weighted by Crippen LogP contribution is -2.57. The summed E-state index contributed by atoms with van der Waals surface area (Å²) in [4.78, 5) is 16.7. The van der Waals surface area contributed by atoms with Crippen LogP contribution in [0.1, 0.15) is 41.0 Å². The molecule has 0 aliphatic rings. The summed E-state index contributed by atoms with van der Waals surface area (Å²) < 4.78 is 0. The molecule has 0 bridgehead atoms. The average Bonchev–Trinajstić information content (AvgIpc) is 2.21. The highest BCUT2D eigenvalue weighted by Crippen LogP contribution is 2.30. The monoisotopic (exact) mass is 257 g/mol. The minimum absolute atomic E-state index is 0.152. The first-order chi connectivity index (χ1) is 8.04. The Morgan fingerprint density at radius 2 is 1.56 bits per heavy atom. The zero-order chi connectivity index (χ0) is 14.6. The van der Waals surface area contributed by atoms with E-state index in [0.717, 1.165) is 26.1 Å². The van der Waals surface area contributed by atoms with Crippen molar-refractivity contribution in [2.45, 2.75) is 46.6 Å². The van der Waals surface area contributed by atoms with Gasteiger partial charge in [-0.05, 0) is 48.2 Å². The van der Waals surface area contributed by atoms with Crippen LogP contribution in [0.2, 0.25) is 0 Å². The van der Waals surface area contributed by atoms with E-state index in [0.29, 0.717) is 0 Å². The van der Waals surface area contributed by atoms with E-state index in [1.165, 1.54) is 0 Å². The molecule has 0 atom stereocenters. The maximum absolute atomic E-state index is 12.6. The van der Waals surface area contributed by atoms with Crippen molar-refractivity contribution >= 4 is 5.91 Å². The molecule has 0 aromatic heterocycles. The highest BCUT2D eigenvalue weighted by molar-refractivity contribution is 5.83. The molecule has 0 radical (unpaired) electrons. The number of likely N-dealkylation sites (N-methyl/N-ethyl adjacent to an activating group) is 1. The number of carbonyl (C=O) groups excluding carboxylic acids is 1. The van der Waals surface area contributed by atoms with Gasteiger partial charge in [0.15, 0.2) is 0 Å². The lowest BCUT2D eigenvalue weighted by atomic mass is 9.74. The van der Waals surface area contributed by atoms with Crippen LogP contribution in [0.3, 0.4) is 0 Å². The lowest BCUT2D eigenvalue weighted by Gasteiger charge is -2.41. The molecule has 0 saturated carbocycles. The first-order valence-corrected chi connectivity index (χ1v) is 6.77. The molecule has 0 aliphatic heterocycles. The summed E-state index contributed by atoms with van der Waals surface area (Å²) >= 11 is 0. The van der Waals surface area contributed by atoms with Gasteiger partial charge in [0.25, 0.3) is 0 Å². The molecule has 0 rings (SSSR count). The van der Waals surface area contributed by atoms with Gasteiger partial charge < -0.3 is 15.5 Å². The Bertz CT molecular complexity index is 267. The molecule has 0 heterocycles. The van der Waals surface area contributed by atoms with E-state index in [4.69, 9.17) is 5.73 Å². The van der Waals surface area contributed by atoms with Gasteiger partial charge in [-0.1, -0.05) is 6.92 Å². The van der Waals surface area contributed by atoms with Gasteiger partial charge in [0.2, 0.25) is 5.91 Å². The van der Waals surface area contributed by atoms with Crippen molar-refractivity contribution in [3.63, 3.8) is 0 Å². The molecular weight excluding hydrogens is 226 g/mol. The number of hydrogen-bond donors (Lipinski definition) is 1. The van der Waals surface area contributed by atoms with Crippen molar-refractivity contribution in [2.24, 2.45) is 11.1 Å². The topological polar surface area (TPSA) is 49.6 Å². The molecule has 0 aliphatic carbocycles. The summed E-state index contributed by atoms with van der Waals surface area (Å²) in [7, 11) is 4.04. The van der Waals surface area contributed by atoms with E-state index in [2.05, 4.69) is 11.8 Å². The van der Waals surface area contributed by atoms with E-state index in [1.54, 1.807) is 0 Å². The zero-order valence-corrected chi connectivity index (χ0v) is 13.2. The Morgan fingerprint density at radius 3 is 1.89 bits per heavy atom. The lowest BCUT2D eigenvalue weighted by molar-refractivity contribution is -0.143. The number of nitrogens with two attached hydrogens (primary N) is 1. The quantitative estimate of drug-likeness (QED) is 0.753. The van der Waals surface area contributed by atoms with Gasteiger partial charge in [0.05, 0.1) is 5.41 Å². The minimum atomic E-state index is -0.547. The fraction of sp³-hybridized carbons (Fsp3) is 0.929. The number of rotatable bonds is 7. The van der Waals surface area contributed by atoms with Crippen molar-refractivity contribution in [1.82, 2.24) is 9.80 Å².